The van der Waals surface area contributed by atoms with Gasteiger partial charge in [-0.2, -0.15) is 0 Å². The van der Waals surface area contributed by atoms with Crippen LogP contribution in [0.25, 0.3) is 10.4 Å². The minimum Gasteiger partial charge on any atom is -0.488 e. The van der Waals surface area contributed by atoms with Crippen LogP contribution in [0.2, 0.25) is 0 Å². The number of benzene rings is 2. The molecule has 0 saturated heterocycles. The predicted molar refractivity (Wildman–Crippen MR) is 104 cm³/mol. The van der Waals surface area contributed by atoms with Gasteiger partial charge in [0.25, 0.3) is 5.91 Å². The standard InChI is InChI=1S/C20H16BrNO2S/c1-12(13-6-8-15(21)9-7-13)22-20(23)18-10-14-11-24-17-5-3-2-4-16(17)19(14)25-18/h2-10,12H,11H2,1H3,(H,22,23)/t12-/m0/s1. The smallest absolute Gasteiger partial charge is 0.261 e. The molecule has 1 amide bonds. The van der Waals surface area contributed by atoms with Gasteiger partial charge in [-0.1, -0.05) is 40.2 Å². The number of amides is 1. The maximum absolute atomic E-state index is 12.7. The summed E-state index contributed by atoms with van der Waals surface area (Å²) >= 11 is 4.96. The summed E-state index contributed by atoms with van der Waals surface area (Å²) in [7, 11) is 0. The van der Waals surface area contributed by atoms with Crippen LogP contribution in [0.1, 0.15) is 33.8 Å². The topological polar surface area (TPSA) is 38.3 Å². The average Bonchev–Trinajstić information content (AvgIpc) is 3.07. The molecule has 0 fully saturated rings. The van der Waals surface area contributed by atoms with Gasteiger partial charge in [-0.15, -0.1) is 11.3 Å². The van der Waals surface area contributed by atoms with Crippen LogP contribution < -0.4 is 10.1 Å². The molecule has 1 aromatic heterocycles. The highest BCUT2D eigenvalue weighted by Crippen LogP contribution is 2.42. The van der Waals surface area contributed by atoms with Crippen molar-refractivity contribution in [3.8, 4) is 16.2 Å². The van der Waals surface area contributed by atoms with Gasteiger partial charge in [0.1, 0.15) is 12.4 Å². The lowest BCUT2D eigenvalue weighted by molar-refractivity contribution is 0.0944. The van der Waals surface area contributed by atoms with Crippen molar-refractivity contribution in [3.63, 3.8) is 0 Å². The van der Waals surface area contributed by atoms with E-state index in [0.717, 1.165) is 31.8 Å². The summed E-state index contributed by atoms with van der Waals surface area (Å²) in [6.07, 6.45) is 0. The van der Waals surface area contributed by atoms with E-state index < -0.39 is 0 Å². The maximum atomic E-state index is 12.7. The van der Waals surface area contributed by atoms with Crippen molar-refractivity contribution < 1.29 is 9.53 Å². The molecule has 1 aliphatic heterocycles. The summed E-state index contributed by atoms with van der Waals surface area (Å²) in [5.41, 5.74) is 3.21. The average molecular weight is 414 g/mol. The van der Waals surface area contributed by atoms with E-state index in [1.165, 1.54) is 11.3 Å². The fraction of sp³-hybridized carbons (Fsp3) is 0.150. The van der Waals surface area contributed by atoms with Crippen molar-refractivity contribution in [1.29, 1.82) is 0 Å². The first-order chi connectivity index (χ1) is 12.1. The molecule has 25 heavy (non-hydrogen) atoms. The first-order valence-corrected chi connectivity index (χ1v) is 9.64. The molecule has 1 atom stereocenters. The molecule has 3 nitrogen and oxygen atoms in total. The van der Waals surface area contributed by atoms with Gasteiger partial charge >= 0.3 is 0 Å². The molecule has 1 aliphatic rings. The van der Waals surface area contributed by atoms with Crippen molar-refractivity contribution in [2.45, 2.75) is 19.6 Å². The molecule has 5 heteroatoms. The highest BCUT2D eigenvalue weighted by Gasteiger charge is 2.23. The van der Waals surface area contributed by atoms with Crippen LogP contribution in [0.15, 0.2) is 59.1 Å². The monoisotopic (exact) mass is 413 g/mol. The molecule has 3 aromatic rings. The Labute approximate surface area is 158 Å². The molecule has 1 N–H and O–H groups in total. The maximum Gasteiger partial charge on any atom is 0.261 e. The largest absolute Gasteiger partial charge is 0.488 e. The summed E-state index contributed by atoms with van der Waals surface area (Å²) in [4.78, 5) is 14.5. The van der Waals surface area contributed by atoms with E-state index in [1.54, 1.807) is 0 Å². The van der Waals surface area contributed by atoms with Crippen molar-refractivity contribution in [1.82, 2.24) is 5.32 Å². The number of rotatable bonds is 3. The number of hydrogen-bond acceptors (Lipinski definition) is 3. The van der Waals surface area contributed by atoms with Gasteiger partial charge in [0.15, 0.2) is 0 Å². The first kappa shape index (κ1) is 16.4. The fourth-order valence-corrected chi connectivity index (χ4v) is 4.28. The Bertz CT molecular complexity index is 933. The van der Waals surface area contributed by atoms with Gasteiger partial charge in [0.2, 0.25) is 0 Å². The lowest BCUT2D eigenvalue weighted by atomic mass is 10.1. The van der Waals surface area contributed by atoms with Gasteiger partial charge < -0.3 is 10.1 Å². The molecular formula is C20H16BrNO2S. The second-order valence-corrected chi connectivity index (χ2v) is 7.96. The molecule has 4 rings (SSSR count). The van der Waals surface area contributed by atoms with E-state index >= 15 is 0 Å². The molecule has 0 aliphatic carbocycles. The van der Waals surface area contributed by atoms with E-state index in [2.05, 4.69) is 21.2 Å². The minimum atomic E-state index is -0.0525. The van der Waals surface area contributed by atoms with Gasteiger partial charge in [0.05, 0.1) is 10.9 Å². The molecule has 0 saturated carbocycles. The normalized spacial score (nSPS) is 13.4. The molecule has 126 valence electrons. The Morgan fingerprint density at radius 1 is 1.20 bits per heavy atom. The predicted octanol–water partition coefficient (Wildman–Crippen LogP) is 5.56. The van der Waals surface area contributed by atoms with E-state index in [4.69, 9.17) is 4.74 Å². The zero-order valence-electron chi connectivity index (χ0n) is 13.6. The molecule has 0 spiro atoms. The van der Waals surface area contributed by atoms with Crippen LogP contribution in [0.5, 0.6) is 5.75 Å². The van der Waals surface area contributed by atoms with Gasteiger partial charge in [-0.05, 0) is 42.8 Å². The molecule has 0 radical (unpaired) electrons. The van der Waals surface area contributed by atoms with Gasteiger partial charge in [-0.25, -0.2) is 0 Å². The number of nitrogens with one attached hydrogen (secondary N) is 1. The molecule has 0 unspecified atom stereocenters. The van der Waals surface area contributed by atoms with E-state index in [-0.39, 0.29) is 11.9 Å². The summed E-state index contributed by atoms with van der Waals surface area (Å²) in [6.45, 7) is 2.51. The third-order valence-corrected chi connectivity index (χ3v) is 6.00. The van der Waals surface area contributed by atoms with Gasteiger partial charge in [-0.3, -0.25) is 4.79 Å². The molecule has 0 bridgehead atoms. The van der Waals surface area contributed by atoms with Crippen molar-refractivity contribution in [3.05, 3.63) is 75.1 Å². The minimum absolute atomic E-state index is 0.0488. The molecule has 2 heterocycles. The van der Waals surface area contributed by atoms with E-state index in [0.29, 0.717) is 11.5 Å². The van der Waals surface area contributed by atoms with Crippen molar-refractivity contribution >= 4 is 33.2 Å². The van der Waals surface area contributed by atoms with Crippen molar-refractivity contribution in [2.75, 3.05) is 0 Å². The highest BCUT2D eigenvalue weighted by molar-refractivity contribution is 9.10. The number of para-hydroxylation sites is 1. The Morgan fingerprint density at radius 2 is 1.96 bits per heavy atom. The third kappa shape index (κ3) is 3.22. The number of thiophene rings is 1. The summed E-state index contributed by atoms with van der Waals surface area (Å²) in [5.74, 6) is 0.833. The number of ether oxygens (including phenoxy) is 1. The second-order valence-electron chi connectivity index (χ2n) is 6.00. The molecule has 2 aromatic carbocycles. The summed E-state index contributed by atoms with van der Waals surface area (Å²) < 4.78 is 6.80. The van der Waals surface area contributed by atoms with Crippen LogP contribution in [0.4, 0.5) is 0 Å². The van der Waals surface area contributed by atoms with Crippen LogP contribution >= 0.6 is 27.3 Å². The lowest BCUT2D eigenvalue weighted by Crippen LogP contribution is -2.25. The Kier molecular flexibility index (Phi) is 4.36. The number of fused-ring (bicyclic) bond motifs is 3. The van der Waals surface area contributed by atoms with Crippen LogP contribution in [0.3, 0.4) is 0 Å². The Balaban J connectivity index is 1.56. The lowest BCUT2D eigenvalue weighted by Gasteiger charge is -2.16. The van der Waals surface area contributed by atoms with E-state index in [9.17, 15) is 4.79 Å². The van der Waals surface area contributed by atoms with Crippen LogP contribution in [-0.2, 0) is 6.61 Å². The van der Waals surface area contributed by atoms with Gasteiger partial charge in [0, 0.05) is 20.5 Å². The number of halogens is 1. The second kappa shape index (κ2) is 6.65. The fourth-order valence-electron chi connectivity index (χ4n) is 2.91. The highest BCUT2D eigenvalue weighted by atomic mass is 79.9. The first-order valence-electron chi connectivity index (χ1n) is 8.03. The summed E-state index contributed by atoms with van der Waals surface area (Å²) in [5, 5.41) is 3.08. The third-order valence-electron chi connectivity index (χ3n) is 4.27. The number of carbonyl (C=O) groups is 1. The van der Waals surface area contributed by atoms with Crippen LogP contribution in [-0.4, -0.2) is 5.91 Å². The SMILES string of the molecule is C[C@H](NC(=O)c1cc2c(s1)-c1ccccc1OC2)c1ccc(Br)cc1. The quantitative estimate of drug-likeness (QED) is 0.609. The number of hydrogen-bond donors (Lipinski definition) is 1. The molecular weight excluding hydrogens is 398 g/mol. The van der Waals surface area contributed by atoms with Crippen molar-refractivity contribution in [2.24, 2.45) is 0 Å². The Morgan fingerprint density at radius 3 is 2.76 bits per heavy atom. The zero-order valence-corrected chi connectivity index (χ0v) is 16.0. The zero-order chi connectivity index (χ0) is 17.4. The Hall–Kier alpha value is -2.11. The number of carbonyl (C=O) groups excluding carboxylic acids is 1. The van der Waals surface area contributed by atoms with Crippen LogP contribution in [0, 0.1) is 0 Å². The van der Waals surface area contributed by atoms with E-state index in [1.807, 2.05) is 61.5 Å². The summed E-state index contributed by atoms with van der Waals surface area (Å²) in [6, 6.07) is 17.8.